The van der Waals surface area contributed by atoms with Crippen molar-refractivity contribution in [2.24, 2.45) is 0 Å². The number of halogens is 1. The zero-order valence-corrected chi connectivity index (χ0v) is 8.21. The van der Waals surface area contributed by atoms with Gasteiger partial charge < -0.3 is 5.73 Å². The number of aromatic nitrogens is 4. The Kier molecular flexibility index (Phi) is 2.09. The van der Waals surface area contributed by atoms with Crippen LogP contribution in [0.15, 0.2) is 12.5 Å². The molecule has 72 valence electrons. The molecular formula is C8H8ClN5. The van der Waals surface area contributed by atoms with Crippen molar-refractivity contribution in [2.45, 2.75) is 6.92 Å². The molecule has 2 heterocycles. The third-order valence-corrected chi connectivity index (χ3v) is 2.27. The van der Waals surface area contributed by atoms with Gasteiger partial charge in [-0.1, -0.05) is 11.6 Å². The van der Waals surface area contributed by atoms with E-state index in [4.69, 9.17) is 17.3 Å². The number of nitrogen functional groups attached to an aromatic ring is 1. The average Bonchev–Trinajstić information content (AvgIpc) is 2.57. The second kappa shape index (κ2) is 3.26. The number of nitrogens with zero attached hydrogens (tertiary/aromatic N) is 3. The molecule has 2 rings (SSSR count). The van der Waals surface area contributed by atoms with Crippen LogP contribution in [0.5, 0.6) is 0 Å². The molecule has 0 unspecified atom stereocenters. The van der Waals surface area contributed by atoms with Crippen LogP contribution in [0.4, 0.5) is 5.82 Å². The van der Waals surface area contributed by atoms with Gasteiger partial charge in [-0.25, -0.2) is 9.97 Å². The zero-order chi connectivity index (χ0) is 10.1. The maximum absolute atomic E-state index is 5.96. The molecule has 0 radical (unpaired) electrons. The van der Waals surface area contributed by atoms with E-state index < -0.39 is 0 Å². The van der Waals surface area contributed by atoms with E-state index in [1.165, 1.54) is 6.33 Å². The highest BCUT2D eigenvalue weighted by atomic mass is 35.5. The number of aromatic amines is 1. The fourth-order valence-corrected chi connectivity index (χ4v) is 1.36. The molecule has 2 aromatic rings. The van der Waals surface area contributed by atoms with Crippen LogP contribution >= 0.6 is 11.6 Å². The lowest BCUT2D eigenvalue weighted by Crippen LogP contribution is -1.95. The summed E-state index contributed by atoms with van der Waals surface area (Å²) in [6.45, 7) is 1.89. The third-order valence-electron chi connectivity index (χ3n) is 1.90. The first-order valence-electron chi connectivity index (χ1n) is 3.96. The minimum absolute atomic E-state index is 0.275. The summed E-state index contributed by atoms with van der Waals surface area (Å²) in [6, 6.07) is 0. The number of nitrogens with two attached hydrogens (primary N) is 1. The normalized spacial score (nSPS) is 10.4. The summed E-state index contributed by atoms with van der Waals surface area (Å²) in [5.41, 5.74) is 7.90. The molecule has 0 fully saturated rings. The van der Waals surface area contributed by atoms with Gasteiger partial charge in [0.05, 0.1) is 11.9 Å². The lowest BCUT2D eigenvalue weighted by molar-refractivity contribution is 1.05. The first kappa shape index (κ1) is 8.96. The quantitative estimate of drug-likeness (QED) is 0.744. The Labute approximate surface area is 85.3 Å². The molecule has 0 amide bonds. The van der Waals surface area contributed by atoms with Gasteiger partial charge in [0.1, 0.15) is 17.2 Å². The van der Waals surface area contributed by atoms with E-state index in [0.29, 0.717) is 10.7 Å². The van der Waals surface area contributed by atoms with Gasteiger partial charge in [-0.3, -0.25) is 5.10 Å². The number of aryl methyl sites for hydroxylation is 1. The fourth-order valence-electron chi connectivity index (χ4n) is 1.16. The molecule has 2 aromatic heterocycles. The Balaban J connectivity index is 2.63. The maximum Gasteiger partial charge on any atom is 0.146 e. The minimum atomic E-state index is 0.275. The zero-order valence-electron chi connectivity index (χ0n) is 7.45. The number of anilines is 1. The van der Waals surface area contributed by atoms with Crippen LogP contribution in [0.3, 0.4) is 0 Å². The first-order valence-corrected chi connectivity index (χ1v) is 4.34. The Morgan fingerprint density at radius 3 is 2.86 bits per heavy atom. The Bertz CT molecular complexity index is 465. The molecule has 0 bridgehead atoms. The van der Waals surface area contributed by atoms with E-state index in [-0.39, 0.29) is 5.82 Å². The van der Waals surface area contributed by atoms with Crippen LogP contribution < -0.4 is 5.73 Å². The van der Waals surface area contributed by atoms with Gasteiger partial charge in [0.25, 0.3) is 0 Å². The molecule has 5 nitrogen and oxygen atoms in total. The van der Waals surface area contributed by atoms with Crippen molar-refractivity contribution in [3.05, 3.63) is 23.2 Å². The summed E-state index contributed by atoms with van der Waals surface area (Å²) < 4.78 is 0. The van der Waals surface area contributed by atoms with E-state index in [0.717, 1.165) is 11.3 Å². The highest BCUT2D eigenvalue weighted by Crippen LogP contribution is 2.29. The summed E-state index contributed by atoms with van der Waals surface area (Å²) in [5.74, 6) is 0.275. The summed E-state index contributed by atoms with van der Waals surface area (Å²) in [7, 11) is 0. The topological polar surface area (TPSA) is 80.5 Å². The number of hydrogen-bond acceptors (Lipinski definition) is 4. The average molecular weight is 210 g/mol. The van der Waals surface area contributed by atoms with Crippen molar-refractivity contribution in [2.75, 3.05) is 5.73 Å². The summed E-state index contributed by atoms with van der Waals surface area (Å²) >= 11 is 5.96. The number of rotatable bonds is 1. The number of nitrogens with one attached hydrogen (secondary N) is 1. The minimum Gasteiger partial charge on any atom is -0.382 e. The van der Waals surface area contributed by atoms with Crippen molar-refractivity contribution in [1.29, 1.82) is 0 Å². The molecule has 0 saturated carbocycles. The Morgan fingerprint density at radius 2 is 2.21 bits per heavy atom. The van der Waals surface area contributed by atoms with Crippen LogP contribution in [-0.2, 0) is 0 Å². The first-order chi connectivity index (χ1) is 6.70. The molecule has 6 heteroatoms. The van der Waals surface area contributed by atoms with Crippen LogP contribution in [-0.4, -0.2) is 20.2 Å². The van der Waals surface area contributed by atoms with Crippen LogP contribution in [0.2, 0.25) is 5.02 Å². The molecule has 0 aliphatic carbocycles. The molecular weight excluding hydrogens is 202 g/mol. The lowest BCUT2D eigenvalue weighted by atomic mass is 10.2. The largest absolute Gasteiger partial charge is 0.382 e. The predicted molar refractivity (Wildman–Crippen MR) is 53.8 cm³/mol. The van der Waals surface area contributed by atoms with Crippen molar-refractivity contribution >= 4 is 17.4 Å². The van der Waals surface area contributed by atoms with Crippen LogP contribution in [0.1, 0.15) is 5.69 Å². The van der Waals surface area contributed by atoms with Crippen molar-refractivity contribution in [3.8, 4) is 11.3 Å². The van der Waals surface area contributed by atoms with Gasteiger partial charge in [0, 0.05) is 11.3 Å². The van der Waals surface area contributed by atoms with Gasteiger partial charge in [0.15, 0.2) is 0 Å². The van der Waals surface area contributed by atoms with Crippen molar-refractivity contribution < 1.29 is 0 Å². The van der Waals surface area contributed by atoms with E-state index >= 15 is 0 Å². The van der Waals surface area contributed by atoms with Crippen molar-refractivity contribution in [3.63, 3.8) is 0 Å². The smallest absolute Gasteiger partial charge is 0.146 e. The van der Waals surface area contributed by atoms with Gasteiger partial charge in [0.2, 0.25) is 0 Å². The second-order valence-electron chi connectivity index (χ2n) is 2.83. The van der Waals surface area contributed by atoms with E-state index in [1.807, 2.05) is 6.92 Å². The molecule has 0 atom stereocenters. The van der Waals surface area contributed by atoms with E-state index in [1.54, 1.807) is 6.20 Å². The highest BCUT2D eigenvalue weighted by Gasteiger charge is 2.11. The van der Waals surface area contributed by atoms with Crippen LogP contribution in [0, 0.1) is 6.92 Å². The van der Waals surface area contributed by atoms with E-state index in [9.17, 15) is 0 Å². The predicted octanol–water partition coefficient (Wildman–Crippen LogP) is 1.41. The Hall–Kier alpha value is -1.62. The van der Waals surface area contributed by atoms with Gasteiger partial charge in [-0.15, -0.1) is 0 Å². The SMILES string of the molecule is Cc1[nH]ncc1-c1ncnc(N)c1Cl. The Morgan fingerprint density at radius 1 is 1.43 bits per heavy atom. The summed E-state index contributed by atoms with van der Waals surface area (Å²) in [6.07, 6.45) is 3.03. The number of hydrogen-bond donors (Lipinski definition) is 2. The fraction of sp³-hybridized carbons (Fsp3) is 0.125. The molecule has 0 aliphatic heterocycles. The molecule has 0 aliphatic rings. The summed E-state index contributed by atoms with van der Waals surface area (Å²) in [5, 5.41) is 7.05. The molecule has 0 spiro atoms. The van der Waals surface area contributed by atoms with Gasteiger partial charge >= 0.3 is 0 Å². The van der Waals surface area contributed by atoms with E-state index in [2.05, 4.69) is 20.2 Å². The van der Waals surface area contributed by atoms with Crippen molar-refractivity contribution in [1.82, 2.24) is 20.2 Å². The lowest BCUT2D eigenvalue weighted by Gasteiger charge is -2.02. The molecule has 0 saturated heterocycles. The molecule has 14 heavy (non-hydrogen) atoms. The third kappa shape index (κ3) is 1.31. The summed E-state index contributed by atoms with van der Waals surface area (Å²) in [4.78, 5) is 7.84. The standard InChI is InChI=1S/C8H8ClN5/c1-4-5(2-13-14-4)7-6(9)8(10)12-3-11-7/h2-3H,1H3,(H,13,14)(H2,10,11,12). The monoisotopic (exact) mass is 209 g/mol. The van der Waals surface area contributed by atoms with Gasteiger partial charge in [-0.05, 0) is 6.92 Å². The second-order valence-corrected chi connectivity index (χ2v) is 3.21. The number of H-pyrrole nitrogens is 1. The van der Waals surface area contributed by atoms with Crippen LogP contribution in [0.25, 0.3) is 11.3 Å². The maximum atomic E-state index is 5.96. The highest BCUT2D eigenvalue weighted by molar-refractivity contribution is 6.35. The van der Waals surface area contributed by atoms with Gasteiger partial charge in [-0.2, -0.15) is 5.10 Å². The molecule has 0 aromatic carbocycles. The molecule has 3 N–H and O–H groups in total.